The topological polar surface area (TPSA) is 105 Å². The van der Waals surface area contributed by atoms with Gasteiger partial charge in [-0.05, 0) is 63.1 Å². The molecule has 0 spiro atoms. The highest BCUT2D eigenvalue weighted by Gasteiger charge is 2.15. The minimum atomic E-state index is -2.13. The van der Waals surface area contributed by atoms with Gasteiger partial charge in [-0.25, -0.2) is 9.00 Å². The molecule has 1 unspecified atom stereocenters. The molecule has 2 rings (SSSR count). The minimum Gasteiger partial charge on any atom is -0.492 e. The molecule has 0 aliphatic carbocycles. The lowest BCUT2D eigenvalue weighted by molar-refractivity contribution is 0.0528. The van der Waals surface area contributed by atoms with Crippen LogP contribution in [0.15, 0.2) is 53.4 Å². The van der Waals surface area contributed by atoms with E-state index in [0.717, 1.165) is 5.56 Å². The molecule has 0 saturated heterocycles. The molecule has 32 heavy (non-hydrogen) atoms. The van der Waals surface area contributed by atoms with Gasteiger partial charge in [-0.2, -0.15) is 0 Å². The number of nitrogens with zero attached hydrogens (tertiary/aromatic N) is 1. The number of likely N-dealkylation sites (N-methyl/N-ethyl adjacent to an activating group) is 1. The number of rotatable bonds is 9. The zero-order valence-corrected chi connectivity index (χ0v) is 19.6. The molecule has 2 amide bonds. The second kappa shape index (κ2) is 11.6. The minimum absolute atomic E-state index is 0.182. The summed E-state index contributed by atoms with van der Waals surface area (Å²) in [7, 11) is 1.65. The monoisotopic (exact) mass is 462 g/mol. The maximum absolute atomic E-state index is 12.5. The van der Waals surface area contributed by atoms with Crippen molar-refractivity contribution in [2.45, 2.75) is 37.7 Å². The maximum Gasteiger partial charge on any atom is 0.407 e. The molecule has 0 aromatic heterocycles. The van der Waals surface area contributed by atoms with E-state index < -0.39 is 22.8 Å². The molecule has 0 heterocycles. The number of benzene rings is 2. The Balaban J connectivity index is 1.75. The Labute approximate surface area is 191 Å². The summed E-state index contributed by atoms with van der Waals surface area (Å²) in [5.74, 6) is 0.418. The zero-order valence-electron chi connectivity index (χ0n) is 18.8. The zero-order chi connectivity index (χ0) is 23.7. The number of alkyl carbamates (subject to hydrolysis) is 1. The first-order valence-electron chi connectivity index (χ1n) is 10.2. The Morgan fingerprint density at radius 1 is 1.12 bits per heavy atom. The molecule has 9 heteroatoms. The fraction of sp³-hybridized carbons (Fsp3) is 0.391. The third kappa shape index (κ3) is 8.68. The van der Waals surface area contributed by atoms with Crippen LogP contribution < -0.4 is 10.1 Å². The van der Waals surface area contributed by atoms with Gasteiger partial charge >= 0.3 is 6.09 Å². The van der Waals surface area contributed by atoms with Gasteiger partial charge in [-0.15, -0.1) is 0 Å². The molecule has 0 aliphatic heterocycles. The number of carbonyl (C=O) groups excluding carboxylic acids is 2. The van der Waals surface area contributed by atoms with Crippen molar-refractivity contribution in [3.8, 4) is 5.75 Å². The molecule has 2 N–H and O–H groups in total. The Kier molecular flexibility index (Phi) is 9.22. The van der Waals surface area contributed by atoms with Crippen LogP contribution in [0.3, 0.4) is 0 Å². The van der Waals surface area contributed by atoms with Crippen molar-refractivity contribution >= 4 is 23.1 Å². The average Bonchev–Trinajstić information content (AvgIpc) is 2.73. The van der Waals surface area contributed by atoms with Crippen LogP contribution in [-0.2, 0) is 22.2 Å². The van der Waals surface area contributed by atoms with Crippen LogP contribution in [0.2, 0.25) is 0 Å². The first kappa shape index (κ1) is 25.4. The first-order valence-corrected chi connectivity index (χ1v) is 11.3. The van der Waals surface area contributed by atoms with Gasteiger partial charge in [-0.3, -0.25) is 4.79 Å². The lowest BCUT2D eigenvalue weighted by atomic mass is 10.1. The van der Waals surface area contributed by atoms with Gasteiger partial charge in [0.15, 0.2) is 11.1 Å². The average molecular weight is 463 g/mol. The van der Waals surface area contributed by atoms with Crippen molar-refractivity contribution in [1.29, 1.82) is 0 Å². The van der Waals surface area contributed by atoms with E-state index in [9.17, 15) is 18.4 Å². The van der Waals surface area contributed by atoms with Crippen LogP contribution in [0.4, 0.5) is 4.79 Å². The highest BCUT2D eigenvalue weighted by Crippen LogP contribution is 2.14. The number of nitrogens with one attached hydrogen (secondary N) is 1. The van der Waals surface area contributed by atoms with Crippen molar-refractivity contribution in [3.05, 3.63) is 59.7 Å². The summed E-state index contributed by atoms with van der Waals surface area (Å²) in [6.07, 6.45) is 0.224. The van der Waals surface area contributed by atoms with Gasteiger partial charge in [0, 0.05) is 19.2 Å². The Morgan fingerprint density at radius 2 is 1.81 bits per heavy atom. The van der Waals surface area contributed by atoms with E-state index in [1.807, 2.05) is 45.0 Å². The second-order valence-electron chi connectivity index (χ2n) is 8.17. The smallest absolute Gasteiger partial charge is 0.407 e. The molecule has 2 aromatic rings. The highest BCUT2D eigenvalue weighted by molar-refractivity contribution is 7.79. The fourth-order valence-electron chi connectivity index (χ4n) is 2.74. The van der Waals surface area contributed by atoms with Crippen LogP contribution in [0, 0.1) is 0 Å². The van der Waals surface area contributed by atoms with E-state index in [1.54, 1.807) is 19.2 Å². The quantitative estimate of drug-likeness (QED) is 0.553. The molecule has 0 bridgehead atoms. The third-order valence-corrected chi connectivity index (χ3v) is 4.99. The molecule has 2 aromatic carbocycles. The number of carbonyl (C=O) groups is 2. The number of hydrogen-bond donors (Lipinski definition) is 2. The van der Waals surface area contributed by atoms with Gasteiger partial charge < -0.3 is 24.2 Å². The highest BCUT2D eigenvalue weighted by atomic mass is 32.2. The molecule has 174 valence electrons. The Bertz CT molecular complexity index is 940. The lowest BCUT2D eigenvalue weighted by Crippen LogP contribution is -2.33. The van der Waals surface area contributed by atoms with Crippen LogP contribution in [0.25, 0.3) is 0 Å². The molecule has 0 fully saturated rings. The van der Waals surface area contributed by atoms with Crippen molar-refractivity contribution in [3.63, 3.8) is 0 Å². The summed E-state index contributed by atoms with van der Waals surface area (Å²) in [6, 6.07) is 13.6. The lowest BCUT2D eigenvalue weighted by Gasteiger charge is -2.19. The molecular weight excluding hydrogens is 432 g/mol. The van der Waals surface area contributed by atoms with E-state index in [1.165, 1.54) is 17.0 Å². The summed E-state index contributed by atoms with van der Waals surface area (Å²) < 4.78 is 31.3. The SMILES string of the molecule is CN(CCOc1ccc(CCNC(=O)OC(C)(C)C)cc1)C(=O)c1cccc(S(=O)O)c1. The number of hydrogen-bond acceptors (Lipinski definition) is 5. The molecule has 0 saturated carbocycles. The Hall–Kier alpha value is -2.91. The molecule has 0 radical (unpaired) electrons. The summed E-state index contributed by atoms with van der Waals surface area (Å²) in [5.41, 5.74) is 0.865. The van der Waals surface area contributed by atoms with E-state index >= 15 is 0 Å². The van der Waals surface area contributed by atoms with Gasteiger partial charge in [0.05, 0.1) is 11.4 Å². The molecule has 0 aliphatic rings. The van der Waals surface area contributed by atoms with E-state index in [4.69, 9.17) is 9.47 Å². The number of amides is 2. The van der Waals surface area contributed by atoms with Crippen molar-refractivity contribution in [2.24, 2.45) is 0 Å². The summed E-state index contributed by atoms with van der Waals surface area (Å²) in [4.78, 5) is 25.8. The van der Waals surface area contributed by atoms with Crippen molar-refractivity contribution < 1.29 is 27.8 Å². The van der Waals surface area contributed by atoms with Gasteiger partial charge in [0.1, 0.15) is 18.0 Å². The van der Waals surface area contributed by atoms with Crippen LogP contribution in [0.1, 0.15) is 36.7 Å². The molecule has 8 nitrogen and oxygen atoms in total. The second-order valence-corrected chi connectivity index (χ2v) is 9.14. The summed E-state index contributed by atoms with van der Waals surface area (Å²) in [5, 5.41) is 2.72. The predicted octanol–water partition coefficient (Wildman–Crippen LogP) is 3.49. The number of ether oxygens (including phenoxy) is 2. The largest absolute Gasteiger partial charge is 0.492 e. The molecular formula is C23H30N2O6S. The molecule has 1 atom stereocenters. The van der Waals surface area contributed by atoms with Gasteiger partial charge in [-0.1, -0.05) is 18.2 Å². The van der Waals surface area contributed by atoms with Crippen LogP contribution >= 0.6 is 0 Å². The van der Waals surface area contributed by atoms with Crippen LogP contribution in [0.5, 0.6) is 5.75 Å². The normalized spacial score (nSPS) is 12.0. The maximum atomic E-state index is 12.5. The predicted molar refractivity (Wildman–Crippen MR) is 122 cm³/mol. The van der Waals surface area contributed by atoms with E-state index in [2.05, 4.69) is 5.32 Å². The summed E-state index contributed by atoms with van der Waals surface area (Å²) in [6.45, 7) is 6.57. The Morgan fingerprint density at radius 3 is 2.44 bits per heavy atom. The fourth-order valence-corrected chi connectivity index (χ4v) is 3.16. The van der Waals surface area contributed by atoms with E-state index in [0.29, 0.717) is 37.4 Å². The van der Waals surface area contributed by atoms with Crippen molar-refractivity contribution in [2.75, 3.05) is 26.7 Å². The third-order valence-electron chi connectivity index (χ3n) is 4.33. The first-order chi connectivity index (χ1) is 15.0. The summed E-state index contributed by atoms with van der Waals surface area (Å²) >= 11 is -2.13. The van der Waals surface area contributed by atoms with Crippen molar-refractivity contribution in [1.82, 2.24) is 10.2 Å². The van der Waals surface area contributed by atoms with Crippen LogP contribution in [-0.4, -0.2) is 58.0 Å². The van der Waals surface area contributed by atoms with Gasteiger partial charge in [0.2, 0.25) is 0 Å². The standard InChI is InChI=1S/C23H30N2O6S/c1-23(2,3)31-22(27)24-13-12-17-8-10-19(11-9-17)30-15-14-25(4)21(26)18-6-5-7-20(16-18)32(28)29/h5-11,16H,12-15H2,1-4H3,(H,24,27)(H,28,29). The van der Waals surface area contributed by atoms with E-state index in [-0.39, 0.29) is 10.8 Å². The van der Waals surface area contributed by atoms with Gasteiger partial charge in [0.25, 0.3) is 5.91 Å².